The van der Waals surface area contributed by atoms with E-state index in [4.69, 9.17) is 5.26 Å². The highest BCUT2D eigenvalue weighted by Crippen LogP contribution is 2.25. The molecule has 0 aliphatic rings. The van der Waals surface area contributed by atoms with Gasteiger partial charge in [-0.05, 0) is 23.9 Å². The lowest BCUT2D eigenvalue weighted by Crippen LogP contribution is -1.70. The summed E-state index contributed by atoms with van der Waals surface area (Å²) in [6.45, 7) is 0. The average Bonchev–Trinajstić information content (AvgIpc) is 2.60. The van der Waals surface area contributed by atoms with E-state index in [2.05, 4.69) is 28.6 Å². The van der Waals surface area contributed by atoms with Crippen molar-refractivity contribution in [2.45, 2.75) is 5.03 Å². The number of hydrogen-bond donors (Lipinski definition) is 1. The van der Waals surface area contributed by atoms with Crippen LogP contribution in [0.4, 0.5) is 0 Å². The van der Waals surface area contributed by atoms with Gasteiger partial charge >= 0.3 is 0 Å². The van der Waals surface area contributed by atoms with Gasteiger partial charge in [0.05, 0.1) is 10.1 Å². The Morgan fingerprint density at radius 1 is 1.36 bits per heavy atom. The van der Waals surface area contributed by atoms with Gasteiger partial charge in [-0.3, -0.25) is 0 Å². The number of rotatable bonds is 3. The first-order valence-electron chi connectivity index (χ1n) is 4.11. The van der Waals surface area contributed by atoms with Crippen molar-refractivity contribution in [1.29, 1.82) is 5.26 Å². The monoisotopic (exact) mass is 220 g/mol. The Morgan fingerprint density at radius 2 is 2.21 bits per heavy atom. The molecule has 0 spiro atoms. The molecule has 2 aromatic rings. The minimum Gasteiger partial charge on any atom is -0.350 e. The summed E-state index contributed by atoms with van der Waals surface area (Å²) < 4.78 is 0. The maximum Gasteiger partial charge on any atom is 0.134 e. The molecule has 0 amide bonds. The normalized spacial score (nSPS) is 10.2. The Bertz CT molecular complexity index is 437. The minimum atomic E-state index is 0.767. The molecule has 0 bridgehead atoms. The van der Waals surface area contributed by atoms with E-state index in [1.807, 2.05) is 12.1 Å². The number of aromatic nitrogens is 1. The molecule has 1 heterocycles. The third-order valence-corrected chi connectivity index (χ3v) is 3.45. The van der Waals surface area contributed by atoms with E-state index in [-0.39, 0.29) is 0 Å². The zero-order valence-electron chi connectivity index (χ0n) is 7.36. The van der Waals surface area contributed by atoms with E-state index in [0.29, 0.717) is 0 Å². The summed E-state index contributed by atoms with van der Waals surface area (Å²) in [5, 5.41) is 13.5. The summed E-state index contributed by atoms with van der Waals surface area (Å²) in [5.74, 6) is 0. The van der Waals surface area contributed by atoms with E-state index in [1.54, 1.807) is 11.8 Å². The predicted octanol–water partition coefficient (Wildman–Crippen LogP) is 3.43. The molecule has 1 aromatic carbocycles. The molecule has 4 heteroatoms. The smallest absolute Gasteiger partial charge is 0.134 e. The highest BCUT2D eigenvalue weighted by Gasteiger charge is 1.99. The molecule has 2 rings (SSSR count). The highest BCUT2D eigenvalue weighted by molar-refractivity contribution is 8.18. The molecule has 1 N–H and O–H groups in total. The Hall–Kier alpha value is -1.05. The van der Waals surface area contributed by atoms with Crippen LogP contribution in [-0.2, 0) is 0 Å². The molecule has 14 heavy (non-hydrogen) atoms. The first kappa shape index (κ1) is 9.50. The fourth-order valence-electron chi connectivity index (χ4n) is 1.24. The van der Waals surface area contributed by atoms with Crippen molar-refractivity contribution >= 4 is 34.4 Å². The van der Waals surface area contributed by atoms with E-state index < -0.39 is 0 Å². The second kappa shape index (κ2) is 4.45. The number of H-pyrrole nitrogens is 1. The lowest BCUT2D eigenvalue weighted by atomic mass is 10.3. The van der Waals surface area contributed by atoms with Gasteiger partial charge in [-0.25, -0.2) is 0 Å². The highest BCUT2D eigenvalue weighted by atomic mass is 32.2. The second-order valence-corrected chi connectivity index (χ2v) is 4.86. The van der Waals surface area contributed by atoms with E-state index in [9.17, 15) is 0 Å². The Balaban J connectivity index is 2.15. The van der Waals surface area contributed by atoms with Crippen molar-refractivity contribution in [1.82, 2.24) is 4.98 Å². The van der Waals surface area contributed by atoms with Crippen LogP contribution >= 0.6 is 23.5 Å². The largest absolute Gasteiger partial charge is 0.350 e. The van der Waals surface area contributed by atoms with Crippen molar-refractivity contribution in [2.24, 2.45) is 0 Å². The number of benzene rings is 1. The summed E-state index contributed by atoms with van der Waals surface area (Å²) in [4.78, 5) is 3.29. The molecule has 1 aromatic heterocycles. The zero-order valence-corrected chi connectivity index (χ0v) is 8.99. The molecule has 0 saturated heterocycles. The van der Waals surface area contributed by atoms with Crippen molar-refractivity contribution in [3.05, 3.63) is 30.3 Å². The van der Waals surface area contributed by atoms with Gasteiger partial charge in [-0.2, -0.15) is 5.26 Å². The number of para-hydroxylation sites is 1. The Labute approximate surface area is 90.7 Å². The molecule has 0 atom stereocenters. The third-order valence-electron chi connectivity index (χ3n) is 1.84. The summed E-state index contributed by atoms with van der Waals surface area (Å²) in [7, 11) is 0. The van der Waals surface area contributed by atoms with Crippen LogP contribution < -0.4 is 0 Å². The maximum atomic E-state index is 8.37. The average molecular weight is 220 g/mol. The topological polar surface area (TPSA) is 39.6 Å². The van der Waals surface area contributed by atoms with Crippen LogP contribution in [-0.4, -0.2) is 10.1 Å². The zero-order chi connectivity index (χ0) is 9.80. The number of hydrogen-bond acceptors (Lipinski definition) is 3. The molecule has 70 valence electrons. The number of thioether (sulfide) groups is 2. The Morgan fingerprint density at radius 3 is 3.00 bits per heavy atom. The number of thiocyanates is 1. The fourth-order valence-corrected chi connectivity index (χ4v) is 2.59. The number of aromatic amines is 1. The van der Waals surface area contributed by atoms with E-state index in [1.165, 1.54) is 17.1 Å². The van der Waals surface area contributed by atoms with Crippen molar-refractivity contribution < 1.29 is 0 Å². The van der Waals surface area contributed by atoms with Crippen molar-refractivity contribution in [3.63, 3.8) is 0 Å². The maximum absolute atomic E-state index is 8.37. The van der Waals surface area contributed by atoms with Gasteiger partial charge in [0, 0.05) is 10.9 Å². The van der Waals surface area contributed by atoms with Crippen LogP contribution in [0.1, 0.15) is 0 Å². The molecule has 0 saturated carbocycles. The van der Waals surface area contributed by atoms with Gasteiger partial charge < -0.3 is 4.98 Å². The van der Waals surface area contributed by atoms with Crippen molar-refractivity contribution in [3.8, 4) is 5.40 Å². The molecule has 0 radical (unpaired) electrons. The minimum absolute atomic E-state index is 0.767. The van der Waals surface area contributed by atoms with Crippen molar-refractivity contribution in [2.75, 3.05) is 5.08 Å². The summed E-state index contributed by atoms with van der Waals surface area (Å²) >= 11 is 2.92. The first-order valence-corrected chi connectivity index (χ1v) is 6.09. The molecule has 0 aliphatic heterocycles. The predicted molar refractivity (Wildman–Crippen MR) is 62.2 cm³/mol. The number of nitrogens with zero attached hydrogens (tertiary/aromatic N) is 1. The van der Waals surface area contributed by atoms with Crippen LogP contribution in [0.15, 0.2) is 35.4 Å². The molecule has 0 fully saturated rings. The fraction of sp³-hybridized carbons (Fsp3) is 0.100. The van der Waals surface area contributed by atoms with E-state index >= 15 is 0 Å². The summed E-state index contributed by atoms with van der Waals surface area (Å²) in [5.41, 5.74) is 1.15. The molecular formula is C10H8N2S2. The van der Waals surface area contributed by atoms with Gasteiger partial charge in [-0.15, -0.1) is 0 Å². The molecular weight excluding hydrogens is 212 g/mol. The second-order valence-electron chi connectivity index (χ2n) is 2.72. The SMILES string of the molecule is N#CSCSc1cc2ccccc2[nH]1. The van der Waals surface area contributed by atoms with Crippen LogP contribution in [0, 0.1) is 10.7 Å². The number of fused-ring (bicyclic) bond motifs is 1. The van der Waals surface area contributed by atoms with Gasteiger partial charge in [0.15, 0.2) is 0 Å². The van der Waals surface area contributed by atoms with Gasteiger partial charge in [0.1, 0.15) is 5.40 Å². The van der Waals surface area contributed by atoms with Crippen LogP contribution in [0.5, 0.6) is 0 Å². The van der Waals surface area contributed by atoms with Crippen LogP contribution in [0.25, 0.3) is 10.9 Å². The summed E-state index contributed by atoms with van der Waals surface area (Å²) in [6, 6.07) is 10.3. The first-order chi connectivity index (χ1) is 6.90. The molecule has 0 unspecified atom stereocenters. The van der Waals surface area contributed by atoms with E-state index in [0.717, 1.165) is 15.6 Å². The number of nitrogens with one attached hydrogen (secondary N) is 1. The lowest BCUT2D eigenvalue weighted by Gasteiger charge is -1.90. The van der Waals surface area contributed by atoms with Gasteiger partial charge in [0.2, 0.25) is 0 Å². The third kappa shape index (κ3) is 2.06. The van der Waals surface area contributed by atoms with Crippen LogP contribution in [0.3, 0.4) is 0 Å². The van der Waals surface area contributed by atoms with Crippen LogP contribution in [0.2, 0.25) is 0 Å². The van der Waals surface area contributed by atoms with Gasteiger partial charge in [0.25, 0.3) is 0 Å². The lowest BCUT2D eigenvalue weighted by molar-refractivity contribution is 1.24. The Kier molecular flexibility index (Phi) is 3.02. The standard InChI is InChI=1S/C10H8N2S2/c11-6-13-7-14-10-5-8-3-1-2-4-9(8)12-10/h1-5,12H,7H2. The van der Waals surface area contributed by atoms with Gasteiger partial charge in [-0.1, -0.05) is 30.0 Å². The molecule has 2 nitrogen and oxygen atoms in total. The quantitative estimate of drug-likeness (QED) is 0.373. The number of nitriles is 1. The molecule has 0 aliphatic carbocycles. The summed E-state index contributed by atoms with van der Waals surface area (Å²) in [6.07, 6.45) is 0.